The Morgan fingerprint density at radius 2 is 2.07 bits per heavy atom. The number of allylic oxidation sites excluding steroid dienone is 1. The normalized spacial score (nSPS) is 13.7. The minimum absolute atomic E-state index is 0.0204. The molecular weight excluding hydrogens is 348 g/mol. The van der Waals surface area contributed by atoms with Crippen molar-refractivity contribution in [2.45, 2.75) is 20.4 Å². The van der Waals surface area contributed by atoms with Crippen molar-refractivity contribution in [2.24, 2.45) is 5.10 Å². The molecule has 1 amide bonds. The summed E-state index contributed by atoms with van der Waals surface area (Å²) in [5.74, 6) is 0.0204. The number of carbonyl (C=O) groups is 1. The van der Waals surface area contributed by atoms with Crippen LogP contribution in [-0.2, 0) is 6.54 Å². The summed E-state index contributed by atoms with van der Waals surface area (Å²) in [5.41, 5.74) is 5.72. The van der Waals surface area contributed by atoms with Gasteiger partial charge in [0.25, 0.3) is 5.91 Å². The van der Waals surface area contributed by atoms with Crippen molar-refractivity contribution >= 4 is 23.5 Å². The zero-order chi connectivity index (χ0) is 19.7. The van der Waals surface area contributed by atoms with Gasteiger partial charge in [-0.05, 0) is 49.2 Å². The van der Waals surface area contributed by atoms with Crippen LogP contribution >= 0.6 is 0 Å². The number of aromatic nitrogens is 1. The minimum Gasteiger partial charge on any atom is -0.306 e. The molecule has 1 aromatic heterocycles. The lowest BCUT2D eigenvalue weighted by atomic mass is 10.0. The van der Waals surface area contributed by atoms with Crippen LogP contribution in [0.25, 0.3) is 22.0 Å². The van der Waals surface area contributed by atoms with Crippen LogP contribution in [0.2, 0.25) is 0 Å². The highest BCUT2D eigenvalue weighted by molar-refractivity contribution is 6.00. The van der Waals surface area contributed by atoms with Gasteiger partial charge >= 0.3 is 0 Å². The smallest absolute Gasteiger partial charge is 0.258 e. The number of carbonyl (C=O) groups excluding carboxylic acids is 1. The maximum absolute atomic E-state index is 12.8. The number of rotatable bonds is 5. The maximum Gasteiger partial charge on any atom is 0.258 e. The molecule has 5 nitrogen and oxygen atoms in total. The van der Waals surface area contributed by atoms with Gasteiger partial charge in [0.15, 0.2) is 0 Å². The molecule has 0 saturated heterocycles. The van der Waals surface area contributed by atoms with Crippen LogP contribution in [0, 0.1) is 0 Å². The molecular formula is C23H22N4O. The van der Waals surface area contributed by atoms with Crippen LogP contribution < -0.4 is 0 Å². The predicted octanol–water partition coefficient (Wildman–Crippen LogP) is 4.66. The Hall–Kier alpha value is -3.47. The predicted molar refractivity (Wildman–Crippen MR) is 113 cm³/mol. The van der Waals surface area contributed by atoms with Crippen LogP contribution in [0.3, 0.4) is 0 Å². The quantitative estimate of drug-likeness (QED) is 0.485. The Morgan fingerprint density at radius 1 is 1.25 bits per heavy atom. The molecule has 3 aromatic rings. The lowest BCUT2D eigenvalue weighted by Crippen LogP contribution is -2.23. The molecule has 0 atom stereocenters. The van der Waals surface area contributed by atoms with Crippen LogP contribution in [0.5, 0.6) is 0 Å². The van der Waals surface area contributed by atoms with Gasteiger partial charge in [-0.15, -0.1) is 0 Å². The summed E-state index contributed by atoms with van der Waals surface area (Å²) in [6.45, 7) is 8.73. The highest BCUT2D eigenvalue weighted by Crippen LogP contribution is 2.31. The number of amides is 1. The largest absolute Gasteiger partial charge is 0.306 e. The van der Waals surface area contributed by atoms with E-state index in [0.717, 1.165) is 38.9 Å². The first kappa shape index (κ1) is 17.9. The maximum atomic E-state index is 12.8. The molecule has 0 fully saturated rings. The van der Waals surface area contributed by atoms with E-state index in [9.17, 15) is 4.79 Å². The molecule has 0 aliphatic carbocycles. The van der Waals surface area contributed by atoms with Crippen molar-refractivity contribution in [2.75, 3.05) is 6.54 Å². The van der Waals surface area contributed by atoms with Crippen molar-refractivity contribution in [3.63, 3.8) is 0 Å². The van der Waals surface area contributed by atoms with Gasteiger partial charge in [-0.25, -0.2) is 0 Å². The molecule has 28 heavy (non-hydrogen) atoms. The Labute approximate surface area is 164 Å². The van der Waals surface area contributed by atoms with Gasteiger partial charge in [0.05, 0.1) is 12.1 Å². The van der Waals surface area contributed by atoms with Gasteiger partial charge in [0.1, 0.15) is 0 Å². The average molecular weight is 370 g/mol. The average Bonchev–Trinajstić information content (AvgIpc) is 3.07. The third-order valence-electron chi connectivity index (χ3n) is 5.10. The Balaban J connectivity index is 1.65. The molecule has 4 rings (SSSR count). The van der Waals surface area contributed by atoms with Crippen molar-refractivity contribution in [3.8, 4) is 11.1 Å². The fourth-order valence-electron chi connectivity index (χ4n) is 3.53. The topological polar surface area (TPSA) is 48.8 Å². The zero-order valence-electron chi connectivity index (χ0n) is 16.1. The summed E-state index contributed by atoms with van der Waals surface area (Å²) in [7, 11) is 0. The number of fused-ring (bicyclic) bond motifs is 2. The lowest BCUT2D eigenvalue weighted by molar-refractivity contribution is 0.0824. The first-order chi connectivity index (χ1) is 13.6. The second-order valence-corrected chi connectivity index (χ2v) is 6.85. The zero-order valence-corrected chi connectivity index (χ0v) is 16.1. The lowest BCUT2D eigenvalue weighted by Gasteiger charge is -2.19. The van der Waals surface area contributed by atoms with Crippen LogP contribution in [-0.4, -0.2) is 34.1 Å². The van der Waals surface area contributed by atoms with E-state index < -0.39 is 0 Å². The van der Waals surface area contributed by atoms with E-state index in [1.807, 2.05) is 56.6 Å². The number of para-hydroxylation sites is 1. The number of nitrogens with zero attached hydrogens (tertiary/aromatic N) is 4. The van der Waals surface area contributed by atoms with Gasteiger partial charge in [0, 0.05) is 47.9 Å². The molecule has 1 aliphatic heterocycles. The van der Waals surface area contributed by atoms with Crippen molar-refractivity contribution in [1.82, 2.24) is 14.9 Å². The summed E-state index contributed by atoms with van der Waals surface area (Å²) in [6.07, 6.45) is 3.74. The second-order valence-electron chi connectivity index (χ2n) is 6.85. The molecule has 0 N–H and O–H groups in total. The van der Waals surface area contributed by atoms with Crippen LogP contribution in [0.4, 0.5) is 0 Å². The molecule has 5 heteroatoms. The molecule has 0 saturated carbocycles. The van der Waals surface area contributed by atoms with Gasteiger partial charge in [-0.3, -0.25) is 14.8 Å². The number of hydrogen-bond donors (Lipinski definition) is 0. The number of hydrogen-bond acceptors (Lipinski definition) is 4. The van der Waals surface area contributed by atoms with E-state index in [1.165, 1.54) is 0 Å². The molecule has 2 heterocycles. The van der Waals surface area contributed by atoms with E-state index in [1.54, 1.807) is 9.91 Å². The van der Waals surface area contributed by atoms with Crippen LogP contribution in [0.1, 0.15) is 29.8 Å². The summed E-state index contributed by atoms with van der Waals surface area (Å²) >= 11 is 0. The molecule has 0 unspecified atom stereocenters. The Morgan fingerprint density at radius 3 is 2.86 bits per heavy atom. The third-order valence-corrected chi connectivity index (χ3v) is 5.10. The Bertz CT molecular complexity index is 1100. The van der Waals surface area contributed by atoms with Gasteiger partial charge in [0.2, 0.25) is 0 Å². The molecule has 0 bridgehead atoms. The summed E-state index contributed by atoms with van der Waals surface area (Å²) in [5, 5.41) is 6.76. The van der Waals surface area contributed by atoms with E-state index >= 15 is 0 Å². The summed E-state index contributed by atoms with van der Waals surface area (Å²) in [4.78, 5) is 19.2. The monoisotopic (exact) mass is 370 g/mol. The van der Waals surface area contributed by atoms with E-state index in [0.29, 0.717) is 13.1 Å². The van der Waals surface area contributed by atoms with Crippen molar-refractivity contribution < 1.29 is 4.79 Å². The first-order valence-electron chi connectivity index (χ1n) is 9.32. The fraction of sp³-hybridized carbons (Fsp3) is 0.174. The molecule has 0 radical (unpaired) electrons. The van der Waals surface area contributed by atoms with Crippen LogP contribution in [0.15, 0.2) is 71.7 Å². The standard InChI is InChI=1S/C23H22N4O/c1-4-26(24-3)14-16(2)27-15-20-11-17(9-10-21(20)23(27)28)19-12-18-7-5-6-8-22(18)25-13-19/h5-14H,3-4,15H2,1-2H3/b16-14+. The SMILES string of the molecule is C=NN(/C=C(\C)N1Cc2cc(-c3cnc4ccccc4c3)ccc2C1=O)CC. The van der Waals surface area contributed by atoms with E-state index in [2.05, 4.69) is 35.0 Å². The van der Waals surface area contributed by atoms with Crippen molar-refractivity contribution in [1.29, 1.82) is 0 Å². The second kappa shape index (κ2) is 7.27. The summed E-state index contributed by atoms with van der Waals surface area (Å²) < 4.78 is 0. The Kier molecular flexibility index (Phi) is 4.65. The van der Waals surface area contributed by atoms with Gasteiger partial charge < -0.3 is 4.90 Å². The molecule has 140 valence electrons. The highest BCUT2D eigenvalue weighted by Gasteiger charge is 2.28. The number of hydrazone groups is 1. The number of pyridine rings is 1. The van der Waals surface area contributed by atoms with Crippen molar-refractivity contribution in [3.05, 3.63) is 77.8 Å². The first-order valence-corrected chi connectivity index (χ1v) is 9.32. The third kappa shape index (κ3) is 3.16. The van der Waals surface area contributed by atoms with Gasteiger partial charge in [-0.1, -0.05) is 24.3 Å². The minimum atomic E-state index is 0.0204. The van der Waals surface area contributed by atoms with Gasteiger partial charge in [-0.2, -0.15) is 5.10 Å². The fourth-order valence-corrected chi connectivity index (χ4v) is 3.53. The molecule has 1 aliphatic rings. The van der Waals surface area contributed by atoms with E-state index in [4.69, 9.17) is 0 Å². The highest BCUT2D eigenvalue weighted by atomic mass is 16.2. The molecule has 0 spiro atoms. The molecule has 2 aromatic carbocycles. The van der Waals surface area contributed by atoms with E-state index in [-0.39, 0.29) is 5.91 Å². The number of benzene rings is 2. The summed E-state index contributed by atoms with van der Waals surface area (Å²) in [6, 6.07) is 16.2.